The fraction of sp³-hybridized carbons (Fsp3) is 0. The number of ether oxygens (including phenoxy) is 1. The van der Waals surface area contributed by atoms with Gasteiger partial charge in [0, 0.05) is 17.8 Å². The zero-order valence-electron chi connectivity index (χ0n) is 14.2. The molecule has 0 saturated heterocycles. The van der Waals surface area contributed by atoms with E-state index in [1.165, 1.54) is 24.3 Å². The summed E-state index contributed by atoms with van der Waals surface area (Å²) in [6.07, 6.45) is 0. The van der Waals surface area contributed by atoms with E-state index in [-0.39, 0.29) is 10.7 Å². The van der Waals surface area contributed by atoms with E-state index in [0.717, 1.165) is 0 Å². The molecule has 0 saturated carbocycles. The number of amides is 2. The molecule has 0 aliphatic carbocycles. The van der Waals surface area contributed by atoms with E-state index < -0.39 is 11.0 Å². The number of hydrogen-bond acceptors (Lipinski definition) is 4. The van der Waals surface area contributed by atoms with Gasteiger partial charge >= 0.3 is 6.03 Å². The lowest BCUT2D eigenvalue weighted by atomic mass is 10.3. The SMILES string of the molecule is O=C(Nc1ccc(Oc2ccc([N+](=O)[O-])cc2)cc1)Nc1cccc(Cl)c1Cl. The van der Waals surface area contributed by atoms with Crippen LogP contribution in [0.3, 0.4) is 0 Å². The van der Waals surface area contributed by atoms with Gasteiger partial charge in [0.1, 0.15) is 11.5 Å². The molecule has 0 aliphatic rings. The zero-order chi connectivity index (χ0) is 20.1. The lowest BCUT2D eigenvalue weighted by Crippen LogP contribution is -2.19. The van der Waals surface area contributed by atoms with Crippen molar-refractivity contribution >= 4 is 46.3 Å². The summed E-state index contributed by atoms with van der Waals surface area (Å²) in [7, 11) is 0. The third kappa shape index (κ3) is 4.91. The number of non-ortho nitro benzene ring substituents is 1. The Labute approximate surface area is 170 Å². The van der Waals surface area contributed by atoms with Crippen LogP contribution in [0.1, 0.15) is 0 Å². The molecule has 0 heterocycles. The number of hydrogen-bond donors (Lipinski definition) is 2. The molecule has 9 heteroatoms. The number of carbonyl (C=O) groups is 1. The second-order valence-electron chi connectivity index (χ2n) is 5.56. The maximum Gasteiger partial charge on any atom is 0.323 e. The van der Waals surface area contributed by atoms with E-state index >= 15 is 0 Å². The van der Waals surface area contributed by atoms with Crippen molar-refractivity contribution in [3.8, 4) is 11.5 Å². The predicted octanol–water partition coefficient (Wildman–Crippen LogP) is 6.34. The lowest BCUT2D eigenvalue weighted by Gasteiger charge is -2.10. The van der Waals surface area contributed by atoms with Crippen LogP contribution >= 0.6 is 23.2 Å². The van der Waals surface area contributed by atoms with E-state index in [2.05, 4.69) is 10.6 Å². The second kappa shape index (κ2) is 8.60. The molecule has 0 unspecified atom stereocenters. The van der Waals surface area contributed by atoms with Crippen molar-refractivity contribution in [3.05, 3.63) is 86.9 Å². The molecular weight excluding hydrogens is 405 g/mol. The first-order valence-electron chi connectivity index (χ1n) is 7.97. The van der Waals surface area contributed by atoms with Crippen molar-refractivity contribution < 1.29 is 14.5 Å². The van der Waals surface area contributed by atoms with Crippen molar-refractivity contribution in [2.45, 2.75) is 0 Å². The van der Waals surface area contributed by atoms with Crippen LogP contribution in [-0.4, -0.2) is 11.0 Å². The number of nitrogens with one attached hydrogen (secondary N) is 2. The monoisotopic (exact) mass is 417 g/mol. The highest BCUT2D eigenvalue weighted by Crippen LogP contribution is 2.30. The van der Waals surface area contributed by atoms with Crippen molar-refractivity contribution in [3.63, 3.8) is 0 Å². The average molecular weight is 418 g/mol. The Kier molecular flexibility index (Phi) is 5.98. The minimum atomic E-state index is -0.480. The van der Waals surface area contributed by atoms with E-state index in [9.17, 15) is 14.9 Å². The van der Waals surface area contributed by atoms with Gasteiger partial charge in [-0.05, 0) is 48.5 Å². The first-order valence-corrected chi connectivity index (χ1v) is 8.72. The fourth-order valence-corrected chi connectivity index (χ4v) is 2.61. The molecule has 2 amide bonds. The van der Waals surface area contributed by atoms with Crippen molar-refractivity contribution in [1.29, 1.82) is 0 Å². The minimum Gasteiger partial charge on any atom is -0.457 e. The third-order valence-corrected chi connectivity index (χ3v) is 4.41. The van der Waals surface area contributed by atoms with Crippen LogP contribution in [0.25, 0.3) is 0 Å². The highest BCUT2D eigenvalue weighted by molar-refractivity contribution is 6.44. The van der Waals surface area contributed by atoms with Gasteiger partial charge in [-0.25, -0.2) is 4.79 Å². The van der Waals surface area contributed by atoms with Crippen molar-refractivity contribution in [2.75, 3.05) is 10.6 Å². The van der Waals surface area contributed by atoms with Crippen LogP contribution in [0.15, 0.2) is 66.7 Å². The Morgan fingerprint density at radius 3 is 2.11 bits per heavy atom. The van der Waals surface area contributed by atoms with E-state index in [0.29, 0.717) is 27.9 Å². The van der Waals surface area contributed by atoms with Gasteiger partial charge < -0.3 is 15.4 Å². The topological polar surface area (TPSA) is 93.5 Å². The molecule has 0 bridgehead atoms. The number of benzene rings is 3. The summed E-state index contributed by atoms with van der Waals surface area (Å²) in [6, 6.07) is 16.8. The Bertz CT molecular complexity index is 1010. The first kappa shape index (κ1) is 19.5. The Balaban J connectivity index is 1.60. The van der Waals surface area contributed by atoms with Gasteiger partial charge in [0.05, 0.1) is 20.7 Å². The molecule has 2 N–H and O–H groups in total. The predicted molar refractivity (Wildman–Crippen MR) is 109 cm³/mol. The van der Waals surface area contributed by atoms with Crippen molar-refractivity contribution in [1.82, 2.24) is 0 Å². The van der Waals surface area contributed by atoms with Crippen LogP contribution in [-0.2, 0) is 0 Å². The lowest BCUT2D eigenvalue weighted by molar-refractivity contribution is -0.384. The van der Waals surface area contributed by atoms with Crippen LogP contribution in [0.2, 0.25) is 10.0 Å². The van der Waals surface area contributed by atoms with E-state index in [1.807, 2.05) is 0 Å². The summed E-state index contributed by atoms with van der Waals surface area (Å²) >= 11 is 12.0. The molecule has 28 heavy (non-hydrogen) atoms. The molecule has 142 valence electrons. The van der Waals surface area contributed by atoms with Crippen LogP contribution in [0.5, 0.6) is 11.5 Å². The smallest absolute Gasteiger partial charge is 0.323 e. The molecule has 3 aromatic rings. The zero-order valence-corrected chi connectivity index (χ0v) is 15.7. The average Bonchev–Trinajstić information content (AvgIpc) is 2.67. The number of nitrogens with zero attached hydrogens (tertiary/aromatic N) is 1. The molecule has 3 aromatic carbocycles. The number of nitro groups is 1. The molecule has 0 atom stereocenters. The summed E-state index contributed by atoms with van der Waals surface area (Å²) in [5.74, 6) is 0.970. The van der Waals surface area contributed by atoms with Gasteiger partial charge in [-0.1, -0.05) is 29.3 Å². The molecule has 0 spiro atoms. The summed E-state index contributed by atoms with van der Waals surface area (Å²) < 4.78 is 5.61. The molecule has 7 nitrogen and oxygen atoms in total. The van der Waals surface area contributed by atoms with Crippen LogP contribution in [0, 0.1) is 10.1 Å². The van der Waals surface area contributed by atoms with Gasteiger partial charge in [0.2, 0.25) is 0 Å². The standard InChI is InChI=1S/C19H13Cl2N3O4/c20-16-2-1-3-17(18(16)21)23-19(25)22-12-4-8-14(9-5-12)28-15-10-6-13(7-11-15)24(26)27/h1-11H,(H2,22,23,25). The minimum absolute atomic E-state index is 0.0160. The second-order valence-corrected chi connectivity index (χ2v) is 6.34. The van der Waals surface area contributed by atoms with Gasteiger partial charge in [-0.15, -0.1) is 0 Å². The first-order chi connectivity index (χ1) is 13.4. The molecule has 0 fully saturated rings. The van der Waals surface area contributed by atoms with E-state index in [1.54, 1.807) is 42.5 Å². The number of rotatable bonds is 5. The Morgan fingerprint density at radius 2 is 1.50 bits per heavy atom. The number of halogens is 2. The normalized spacial score (nSPS) is 10.2. The van der Waals surface area contributed by atoms with E-state index in [4.69, 9.17) is 27.9 Å². The van der Waals surface area contributed by atoms with Crippen LogP contribution in [0.4, 0.5) is 21.9 Å². The van der Waals surface area contributed by atoms with Gasteiger partial charge in [-0.3, -0.25) is 10.1 Å². The largest absolute Gasteiger partial charge is 0.457 e. The fourth-order valence-electron chi connectivity index (χ4n) is 2.26. The molecule has 3 rings (SSSR count). The molecular formula is C19H13Cl2N3O4. The van der Waals surface area contributed by atoms with Gasteiger partial charge in [0.15, 0.2) is 0 Å². The molecule has 0 radical (unpaired) electrons. The maximum atomic E-state index is 12.1. The molecule has 0 aromatic heterocycles. The third-order valence-electron chi connectivity index (χ3n) is 3.60. The van der Waals surface area contributed by atoms with Crippen LogP contribution < -0.4 is 15.4 Å². The Hall–Kier alpha value is -3.29. The Morgan fingerprint density at radius 1 is 0.893 bits per heavy atom. The van der Waals surface area contributed by atoms with Crippen molar-refractivity contribution in [2.24, 2.45) is 0 Å². The summed E-state index contributed by atoms with van der Waals surface area (Å²) in [5, 5.41) is 16.5. The molecule has 0 aliphatic heterocycles. The number of anilines is 2. The van der Waals surface area contributed by atoms with Gasteiger partial charge in [0.25, 0.3) is 5.69 Å². The van der Waals surface area contributed by atoms with Gasteiger partial charge in [-0.2, -0.15) is 0 Å². The number of urea groups is 1. The maximum absolute atomic E-state index is 12.1. The quantitative estimate of drug-likeness (QED) is 0.374. The number of carbonyl (C=O) groups excluding carboxylic acids is 1. The summed E-state index contributed by atoms with van der Waals surface area (Å²) in [4.78, 5) is 22.3. The highest BCUT2D eigenvalue weighted by Gasteiger charge is 2.09. The highest BCUT2D eigenvalue weighted by atomic mass is 35.5. The number of nitro benzene ring substituents is 1. The summed E-state index contributed by atoms with van der Waals surface area (Å²) in [5.41, 5.74) is 0.911. The summed E-state index contributed by atoms with van der Waals surface area (Å²) in [6.45, 7) is 0.